The summed E-state index contributed by atoms with van der Waals surface area (Å²) < 4.78 is 15.5. The first-order chi connectivity index (χ1) is 12.5. The predicted octanol–water partition coefficient (Wildman–Crippen LogP) is 3.12. The Morgan fingerprint density at radius 2 is 1.77 bits per heavy atom. The van der Waals surface area contributed by atoms with Crippen molar-refractivity contribution < 1.29 is 23.8 Å². The van der Waals surface area contributed by atoms with Crippen LogP contribution in [-0.2, 0) is 27.3 Å². The van der Waals surface area contributed by atoms with Crippen molar-refractivity contribution in [1.82, 2.24) is 5.32 Å². The van der Waals surface area contributed by atoms with E-state index in [1.54, 1.807) is 30.3 Å². The van der Waals surface area contributed by atoms with Gasteiger partial charge < -0.3 is 19.5 Å². The van der Waals surface area contributed by atoms with Gasteiger partial charge in [-0.05, 0) is 35.4 Å². The number of halogens is 2. The van der Waals surface area contributed by atoms with Crippen LogP contribution in [0.4, 0.5) is 0 Å². The lowest BCUT2D eigenvalue weighted by Crippen LogP contribution is -2.28. The van der Waals surface area contributed by atoms with Crippen LogP contribution >= 0.6 is 23.2 Å². The van der Waals surface area contributed by atoms with Crippen LogP contribution in [-0.4, -0.2) is 25.3 Å². The van der Waals surface area contributed by atoms with E-state index in [1.165, 1.54) is 0 Å². The summed E-state index contributed by atoms with van der Waals surface area (Å²) in [5, 5.41) is 3.44. The van der Waals surface area contributed by atoms with Crippen molar-refractivity contribution in [2.45, 2.75) is 13.0 Å². The molecule has 1 aliphatic heterocycles. The highest BCUT2D eigenvalue weighted by molar-refractivity contribution is 6.42. The molecule has 0 aliphatic carbocycles. The second-order valence-corrected chi connectivity index (χ2v) is 6.36. The Kier molecular flexibility index (Phi) is 5.85. The number of carbonyl (C=O) groups is 2. The lowest BCUT2D eigenvalue weighted by Gasteiger charge is -2.08. The van der Waals surface area contributed by atoms with Gasteiger partial charge in [-0.25, -0.2) is 0 Å². The molecule has 8 heteroatoms. The topological polar surface area (TPSA) is 73.9 Å². The highest BCUT2D eigenvalue weighted by Gasteiger charge is 2.14. The van der Waals surface area contributed by atoms with Crippen molar-refractivity contribution >= 4 is 35.1 Å². The number of benzene rings is 2. The molecule has 26 heavy (non-hydrogen) atoms. The number of nitrogens with one attached hydrogen (secondary N) is 1. The molecule has 1 N–H and O–H groups in total. The third kappa shape index (κ3) is 4.80. The largest absolute Gasteiger partial charge is 0.455 e. The van der Waals surface area contributed by atoms with E-state index in [0.717, 1.165) is 5.56 Å². The molecule has 0 saturated heterocycles. The summed E-state index contributed by atoms with van der Waals surface area (Å²) in [7, 11) is 0. The van der Waals surface area contributed by atoms with Gasteiger partial charge in [0.1, 0.15) is 0 Å². The van der Waals surface area contributed by atoms with E-state index in [0.29, 0.717) is 33.7 Å². The second-order valence-electron chi connectivity index (χ2n) is 5.55. The van der Waals surface area contributed by atoms with Crippen molar-refractivity contribution in [2.24, 2.45) is 0 Å². The summed E-state index contributed by atoms with van der Waals surface area (Å²) in [6.45, 7) is 0.129. The van der Waals surface area contributed by atoms with E-state index < -0.39 is 11.9 Å². The number of amides is 1. The summed E-state index contributed by atoms with van der Waals surface area (Å²) in [5.41, 5.74) is 1.51. The first kappa shape index (κ1) is 18.4. The van der Waals surface area contributed by atoms with Gasteiger partial charge in [-0.3, -0.25) is 9.59 Å². The Morgan fingerprint density at radius 3 is 2.58 bits per heavy atom. The molecule has 1 amide bonds. The number of hydrogen-bond donors (Lipinski definition) is 1. The van der Waals surface area contributed by atoms with Crippen molar-refractivity contribution in [1.29, 1.82) is 0 Å². The minimum atomic E-state index is -0.526. The third-order valence-corrected chi connectivity index (χ3v) is 4.36. The van der Waals surface area contributed by atoms with Crippen LogP contribution in [0.5, 0.6) is 11.5 Å². The lowest BCUT2D eigenvalue weighted by molar-refractivity contribution is -0.147. The fourth-order valence-electron chi connectivity index (χ4n) is 2.32. The van der Waals surface area contributed by atoms with E-state index in [-0.39, 0.29) is 19.8 Å². The second kappa shape index (κ2) is 8.29. The van der Waals surface area contributed by atoms with Crippen LogP contribution in [0.15, 0.2) is 36.4 Å². The number of fused-ring (bicyclic) bond motifs is 1. The van der Waals surface area contributed by atoms with Crippen LogP contribution in [0, 0.1) is 0 Å². The zero-order valence-corrected chi connectivity index (χ0v) is 15.1. The molecular weight excluding hydrogens is 381 g/mol. The number of esters is 1. The minimum Gasteiger partial charge on any atom is -0.455 e. The Bertz CT molecular complexity index is 840. The highest BCUT2D eigenvalue weighted by Crippen LogP contribution is 2.32. The lowest BCUT2D eigenvalue weighted by atomic mass is 10.1. The molecule has 0 bridgehead atoms. The molecule has 0 fully saturated rings. The fourth-order valence-corrected chi connectivity index (χ4v) is 2.64. The first-order valence-electron chi connectivity index (χ1n) is 7.76. The summed E-state index contributed by atoms with van der Waals surface area (Å²) >= 11 is 11.7. The Labute approximate surface area is 159 Å². The highest BCUT2D eigenvalue weighted by atomic mass is 35.5. The Balaban J connectivity index is 1.42. The standard InChI is InChI=1S/C18H15Cl2NO5/c19-13-3-1-11(5-14(13)20)7-18(23)24-9-17(22)21-8-12-2-4-15-16(6-12)26-10-25-15/h1-6H,7-10H2,(H,21,22). The van der Waals surface area contributed by atoms with Crippen molar-refractivity contribution in [2.75, 3.05) is 13.4 Å². The molecule has 3 rings (SSSR count). The molecule has 6 nitrogen and oxygen atoms in total. The molecule has 1 aliphatic rings. The molecule has 0 spiro atoms. The molecule has 2 aromatic rings. The zero-order chi connectivity index (χ0) is 18.5. The maximum Gasteiger partial charge on any atom is 0.310 e. The normalized spacial score (nSPS) is 11.9. The Hall–Kier alpha value is -2.44. The number of carbonyl (C=O) groups excluding carboxylic acids is 2. The smallest absolute Gasteiger partial charge is 0.310 e. The van der Waals surface area contributed by atoms with E-state index in [2.05, 4.69) is 5.32 Å². The van der Waals surface area contributed by atoms with E-state index in [1.807, 2.05) is 6.07 Å². The molecule has 1 heterocycles. The maximum atomic E-state index is 11.8. The predicted molar refractivity (Wildman–Crippen MR) is 95.5 cm³/mol. The van der Waals surface area contributed by atoms with Gasteiger partial charge in [-0.2, -0.15) is 0 Å². The zero-order valence-electron chi connectivity index (χ0n) is 13.6. The molecule has 2 aromatic carbocycles. The number of hydrogen-bond acceptors (Lipinski definition) is 5. The number of ether oxygens (including phenoxy) is 3. The van der Waals surface area contributed by atoms with Crippen LogP contribution in [0.25, 0.3) is 0 Å². The third-order valence-electron chi connectivity index (χ3n) is 3.62. The molecule has 0 atom stereocenters. The van der Waals surface area contributed by atoms with Crippen LogP contribution in [0.1, 0.15) is 11.1 Å². The average molecular weight is 396 g/mol. The molecule has 136 valence electrons. The van der Waals surface area contributed by atoms with Crippen LogP contribution in [0.3, 0.4) is 0 Å². The van der Waals surface area contributed by atoms with E-state index in [9.17, 15) is 9.59 Å². The van der Waals surface area contributed by atoms with E-state index >= 15 is 0 Å². The van der Waals surface area contributed by atoms with Crippen LogP contribution in [0.2, 0.25) is 10.0 Å². The summed E-state index contributed by atoms with van der Waals surface area (Å²) in [4.78, 5) is 23.6. The monoisotopic (exact) mass is 395 g/mol. The maximum absolute atomic E-state index is 11.8. The Morgan fingerprint density at radius 1 is 1.00 bits per heavy atom. The van der Waals surface area contributed by atoms with Crippen molar-refractivity contribution in [3.05, 3.63) is 57.6 Å². The van der Waals surface area contributed by atoms with Crippen molar-refractivity contribution in [3.8, 4) is 11.5 Å². The first-order valence-corrected chi connectivity index (χ1v) is 8.51. The van der Waals surface area contributed by atoms with Gasteiger partial charge in [-0.1, -0.05) is 35.3 Å². The minimum absolute atomic E-state index is 0.00628. The molecule has 0 aromatic heterocycles. The molecule has 0 unspecified atom stereocenters. The van der Waals surface area contributed by atoms with Gasteiger partial charge >= 0.3 is 5.97 Å². The summed E-state index contributed by atoms with van der Waals surface area (Å²) in [6, 6.07) is 10.3. The SMILES string of the molecule is O=C(COC(=O)Cc1ccc(Cl)c(Cl)c1)NCc1ccc2c(c1)OCO2. The average Bonchev–Trinajstić information content (AvgIpc) is 3.09. The van der Waals surface area contributed by atoms with Gasteiger partial charge in [0.2, 0.25) is 6.79 Å². The van der Waals surface area contributed by atoms with Gasteiger partial charge in [0.25, 0.3) is 5.91 Å². The van der Waals surface area contributed by atoms with Gasteiger partial charge in [-0.15, -0.1) is 0 Å². The van der Waals surface area contributed by atoms with Crippen LogP contribution < -0.4 is 14.8 Å². The van der Waals surface area contributed by atoms with Gasteiger partial charge in [0.15, 0.2) is 18.1 Å². The molecular formula is C18H15Cl2NO5. The van der Waals surface area contributed by atoms with Gasteiger partial charge in [0.05, 0.1) is 16.5 Å². The number of rotatable bonds is 6. The van der Waals surface area contributed by atoms with Crippen molar-refractivity contribution in [3.63, 3.8) is 0 Å². The summed E-state index contributed by atoms with van der Waals surface area (Å²) in [5.74, 6) is 0.396. The fraction of sp³-hybridized carbons (Fsp3) is 0.222. The molecule has 0 radical (unpaired) electrons. The quantitative estimate of drug-likeness (QED) is 0.760. The van der Waals surface area contributed by atoms with Gasteiger partial charge in [0, 0.05) is 6.54 Å². The molecule has 0 saturated carbocycles. The summed E-state index contributed by atoms with van der Waals surface area (Å²) in [6.07, 6.45) is 0.00628. The van der Waals surface area contributed by atoms with E-state index in [4.69, 9.17) is 37.4 Å².